The van der Waals surface area contributed by atoms with E-state index in [9.17, 15) is 14.7 Å². The molecule has 1 aliphatic rings. The highest BCUT2D eigenvalue weighted by atomic mass is 32.2. The van der Waals surface area contributed by atoms with Gasteiger partial charge in [0.05, 0.1) is 16.9 Å². The minimum absolute atomic E-state index is 0.241. The monoisotopic (exact) mass is 322 g/mol. The van der Waals surface area contributed by atoms with E-state index in [1.807, 2.05) is 18.2 Å². The molecule has 5 nitrogen and oxygen atoms in total. The molecule has 1 amide bonds. The minimum Gasteiger partial charge on any atom is -0.548 e. The van der Waals surface area contributed by atoms with Crippen molar-refractivity contribution >= 4 is 46.3 Å². The van der Waals surface area contributed by atoms with Crippen molar-refractivity contribution in [2.24, 2.45) is 5.92 Å². The minimum atomic E-state index is -1.30. The number of rotatable bonds is 4. The molecule has 1 N–H and O–H groups in total. The molecule has 0 saturated carbocycles. The second kappa shape index (κ2) is 6.36. The van der Waals surface area contributed by atoms with Crippen LogP contribution in [0.25, 0.3) is 6.08 Å². The number of carboxylic acid groups (broad SMARTS) is 1. The van der Waals surface area contributed by atoms with E-state index >= 15 is 0 Å². The molecule has 0 spiro atoms. The average molecular weight is 322 g/mol. The van der Waals surface area contributed by atoms with Crippen LogP contribution in [0.1, 0.15) is 19.5 Å². The van der Waals surface area contributed by atoms with Crippen LogP contribution in [-0.4, -0.2) is 27.1 Å². The molecule has 1 aliphatic heterocycles. The quantitative estimate of drug-likeness (QED) is 0.595. The van der Waals surface area contributed by atoms with E-state index in [1.54, 1.807) is 26.1 Å². The fourth-order valence-corrected chi connectivity index (χ4v) is 3.35. The van der Waals surface area contributed by atoms with Gasteiger partial charge in [-0.05, 0) is 12.0 Å². The number of amides is 1. The standard InChI is InChI=1S/C14H14N2O3S2/c1-8(2)11(13(18)19)16-12(17)10(21-14(16)20)7-9-5-3-4-6-15-9/h3-8,11H,1-2H3,(H,18,19)/b10-7+. The average Bonchev–Trinajstić information content (AvgIpc) is 2.67. The van der Waals surface area contributed by atoms with E-state index in [0.717, 1.165) is 22.4 Å². The lowest BCUT2D eigenvalue weighted by Crippen LogP contribution is -2.52. The van der Waals surface area contributed by atoms with Crippen LogP contribution in [0.4, 0.5) is 0 Å². The zero-order valence-electron chi connectivity index (χ0n) is 11.5. The van der Waals surface area contributed by atoms with Crippen molar-refractivity contribution in [1.82, 2.24) is 4.90 Å². The van der Waals surface area contributed by atoms with Crippen molar-refractivity contribution in [3.8, 4) is 0 Å². The summed E-state index contributed by atoms with van der Waals surface area (Å²) in [4.78, 5) is 28.2. The van der Waals surface area contributed by atoms with Gasteiger partial charge in [-0.15, -0.1) is 0 Å². The van der Waals surface area contributed by atoms with Gasteiger partial charge in [-0.3, -0.25) is 9.69 Å². The smallest absolute Gasteiger partial charge is 0.267 e. The summed E-state index contributed by atoms with van der Waals surface area (Å²) in [5.74, 6) is -1.99. The number of H-pyrrole nitrogens is 1. The van der Waals surface area contributed by atoms with Gasteiger partial charge in [0.15, 0.2) is 6.20 Å². The van der Waals surface area contributed by atoms with Crippen molar-refractivity contribution in [2.45, 2.75) is 19.9 Å². The fourth-order valence-electron chi connectivity index (χ4n) is 2.03. The van der Waals surface area contributed by atoms with Gasteiger partial charge in [0.1, 0.15) is 4.32 Å². The molecule has 1 saturated heterocycles. The third-order valence-corrected chi connectivity index (χ3v) is 4.32. The summed E-state index contributed by atoms with van der Waals surface area (Å²) in [6.45, 7) is 3.43. The number of carboxylic acids is 1. The van der Waals surface area contributed by atoms with Crippen LogP contribution >= 0.6 is 24.0 Å². The molecule has 1 atom stereocenters. The van der Waals surface area contributed by atoms with Gasteiger partial charge in [0, 0.05) is 18.2 Å². The van der Waals surface area contributed by atoms with Gasteiger partial charge in [0.25, 0.3) is 5.91 Å². The molecule has 7 heteroatoms. The Morgan fingerprint density at radius 1 is 1.48 bits per heavy atom. The van der Waals surface area contributed by atoms with Gasteiger partial charge in [0.2, 0.25) is 5.69 Å². The van der Waals surface area contributed by atoms with Crippen molar-refractivity contribution < 1.29 is 19.7 Å². The van der Waals surface area contributed by atoms with Crippen molar-refractivity contribution in [1.29, 1.82) is 0 Å². The summed E-state index contributed by atoms with van der Waals surface area (Å²) < 4.78 is 0.241. The molecule has 2 heterocycles. The first-order chi connectivity index (χ1) is 9.91. The van der Waals surface area contributed by atoms with E-state index in [4.69, 9.17) is 12.2 Å². The first-order valence-electron chi connectivity index (χ1n) is 6.36. The van der Waals surface area contributed by atoms with E-state index in [2.05, 4.69) is 4.98 Å². The number of carbonyl (C=O) groups excluding carboxylic acids is 2. The fraction of sp³-hybridized carbons (Fsp3) is 0.286. The maximum absolute atomic E-state index is 12.4. The largest absolute Gasteiger partial charge is 0.548 e. The lowest BCUT2D eigenvalue weighted by atomic mass is 10.0. The van der Waals surface area contributed by atoms with Crippen molar-refractivity contribution in [3.63, 3.8) is 0 Å². The Morgan fingerprint density at radius 3 is 2.71 bits per heavy atom. The lowest BCUT2D eigenvalue weighted by Gasteiger charge is -2.30. The van der Waals surface area contributed by atoms with Crippen LogP contribution in [0.15, 0.2) is 29.3 Å². The summed E-state index contributed by atoms with van der Waals surface area (Å²) in [6.07, 6.45) is 3.40. The van der Waals surface area contributed by atoms with Gasteiger partial charge < -0.3 is 9.90 Å². The number of hydrogen-bond acceptors (Lipinski definition) is 5. The predicted octanol–water partition coefficient (Wildman–Crippen LogP) is 0.476. The maximum atomic E-state index is 12.4. The number of carbonyl (C=O) groups is 2. The first kappa shape index (κ1) is 15.7. The molecule has 0 bridgehead atoms. The number of nitrogens with zero attached hydrogens (tertiary/aromatic N) is 1. The SMILES string of the molecule is CC(C)C(C(=O)[O-])N1C(=O)/C(=C\c2cccc[nH+]2)SC1=S. The Hall–Kier alpha value is -1.73. The number of hydrogen-bond donors (Lipinski definition) is 0. The van der Waals surface area contributed by atoms with Crippen LogP contribution in [0.3, 0.4) is 0 Å². The van der Waals surface area contributed by atoms with E-state index < -0.39 is 17.9 Å². The van der Waals surface area contributed by atoms with Gasteiger partial charge in [-0.1, -0.05) is 37.8 Å². The molecule has 0 aliphatic carbocycles. The van der Waals surface area contributed by atoms with Gasteiger partial charge >= 0.3 is 0 Å². The zero-order chi connectivity index (χ0) is 15.6. The van der Waals surface area contributed by atoms with Crippen LogP contribution in [0.2, 0.25) is 0 Å². The third kappa shape index (κ3) is 3.30. The highest BCUT2D eigenvalue weighted by Gasteiger charge is 2.39. The molecular formula is C14H14N2O3S2. The number of aromatic nitrogens is 1. The molecule has 2 rings (SSSR count). The number of aromatic amines is 1. The molecule has 1 aromatic heterocycles. The summed E-state index contributed by atoms with van der Waals surface area (Å²) in [7, 11) is 0. The highest BCUT2D eigenvalue weighted by Crippen LogP contribution is 2.34. The Morgan fingerprint density at radius 2 is 2.19 bits per heavy atom. The van der Waals surface area contributed by atoms with Crippen LogP contribution in [-0.2, 0) is 9.59 Å². The Labute approximate surface area is 132 Å². The van der Waals surface area contributed by atoms with E-state index in [-0.39, 0.29) is 10.2 Å². The van der Waals surface area contributed by atoms with Crippen LogP contribution in [0, 0.1) is 5.92 Å². The molecule has 1 fully saturated rings. The number of thiocarbonyl (C=S) groups is 1. The zero-order valence-corrected chi connectivity index (χ0v) is 13.2. The summed E-state index contributed by atoms with van der Waals surface area (Å²) in [5.41, 5.74) is 0.743. The normalized spacial score (nSPS) is 18.6. The van der Waals surface area contributed by atoms with Crippen molar-refractivity contribution in [3.05, 3.63) is 35.0 Å². The number of pyridine rings is 1. The van der Waals surface area contributed by atoms with Gasteiger partial charge in [-0.25, -0.2) is 4.98 Å². The summed E-state index contributed by atoms with van der Waals surface area (Å²) in [5, 5.41) is 11.3. The highest BCUT2D eigenvalue weighted by molar-refractivity contribution is 8.26. The Kier molecular flexibility index (Phi) is 4.74. The van der Waals surface area contributed by atoms with E-state index in [1.165, 1.54) is 0 Å². The predicted molar refractivity (Wildman–Crippen MR) is 81.6 cm³/mol. The van der Waals surface area contributed by atoms with Crippen molar-refractivity contribution in [2.75, 3.05) is 0 Å². The molecule has 1 unspecified atom stereocenters. The Bertz CT molecular complexity index is 614. The first-order valence-corrected chi connectivity index (χ1v) is 7.59. The van der Waals surface area contributed by atoms with Gasteiger partial charge in [-0.2, -0.15) is 0 Å². The number of thioether (sulfide) groups is 1. The molecular weight excluding hydrogens is 308 g/mol. The Balaban J connectivity index is 2.32. The molecule has 0 aromatic carbocycles. The maximum Gasteiger partial charge on any atom is 0.267 e. The molecule has 21 heavy (non-hydrogen) atoms. The second-order valence-corrected chi connectivity index (χ2v) is 6.55. The van der Waals surface area contributed by atoms with E-state index in [0.29, 0.717) is 4.91 Å². The summed E-state index contributed by atoms with van der Waals surface area (Å²) >= 11 is 6.25. The molecule has 110 valence electrons. The number of aliphatic carboxylic acids is 1. The topological polar surface area (TPSA) is 74.6 Å². The lowest BCUT2D eigenvalue weighted by molar-refractivity contribution is -0.380. The van der Waals surface area contributed by atoms with Crippen LogP contribution < -0.4 is 10.1 Å². The van der Waals surface area contributed by atoms with Crippen LogP contribution in [0.5, 0.6) is 0 Å². The molecule has 0 radical (unpaired) electrons. The second-order valence-electron chi connectivity index (χ2n) is 4.88. The molecule has 1 aromatic rings. The number of nitrogens with one attached hydrogen (secondary N) is 1. The summed E-state index contributed by atoms with van der Waals surface area (Å²) in [6, 6.07) is 4.42. The third-order valence-electron chi connectivity index (χ3n) is 2.99.